The van der Waals surface area contributed by atoms with E-state index in [-0.39, 0.29) is 34.2 Å². The number of aliphatic hydroxyl groups is 1. The molecule has 1 aliphatic rings. The number of halogens is 1. The Morgan fingerprint density at radius 1 is 1.09 bits per heavy atom. The van der Waals surface area contributed by atoms with Gasteiger partial charge in [-0.15, -0.1) is 0 Å². The molecular weight excluding hydrogens is 429 g/mol. The number of amides is 1. The molecule has 3 rings (SSSR count). The number of thioether (sulfide) groups is 1. The highest BCUT2D eigenvalue weighted by Crippen LogP contribution is 2.39. The van der Waals surface area contributed by atoms with Crippen molar-refractivity contribution in [2.75, 3.05) is 6.61 Å². The minimum atomic E-state index is -0.769. The Hall–Kier alpha value is -3.19. The van der Waals surface area contributed by atoms with Gasteiger partial charge >= 0.3 is 5.97 Å². The molecule has 0 aliphatic carbocycles. The fourth-order valence-electron chi connectivity index (χ4n) is 2.97. The van der Waals surface area contributed by atoms with Gasteiger partial charge in [0.15, 0.2) is 0 Å². The van der Waals surface area contributed by atoms with Crippen LogP contribution < -0.4 is 0 Å². The second-order valence-electron chi connectivity index (χ2n) is 8.16. The Bertz CT molecular complexity index is 1120. The van der Waals surface area contributed by atoms with Crippen molar-refractivity contribution in [1.29, 1.82) is 0 Å². The van der Waals surface area contributed by atoms with Gasteiger partial charge in [-0.1, -0.05) is 56.8 Å². The normalized spacial score (nSPS) is 16.7. The number of rotatable bonds is 4. The number of aliphatic hydroxyl groups excluding tert-OH is 1. The molecule has 1 aliphatic heterocycles. The first-order valence-corrected chi connectivity index (χ1v) is 10.9. The number of aliphatic imine (C=N–C) groups is 1. The van der Waals surface area contributed by atoms with Crippen molar-refractivity contribution in [2.45, 2.75) is 33.1 Å². The minimum absolute atomic E-state index is 0.0548. The van der Waals surface area contributed by atoms with Crippen LogP contribution >= 0.6 is 11.8 Å². The molecule has 0 bridgehead atoms. The van der Waals surface area contributed by atoms with Gasteiger partial charge in [0.1, 0.15) is 22.2 Å². The zero-order valence-electron chi connectivity index (χ0n) is 18.3. The molecule has 5 nitrogen and oxygen atoms in total. The molecule has 166 valence electrons. The number of carbonyl (C=O) groups is 2. The number of benzene rings is 2. The van der Waals surface area contributed by atoms with E-state index in [1.54, 1.807) is 25.1 Å². The number of carbonyl (C=O) groups excluding carboxylic acids is 2. The third kappa shape index (κ3) is 5.34. The van der Waals surface area contributed by atoms with E-state index in [1.807, 2.05) is 12.1 Å². The highest BCUT2D eigenvalue weighted by molar-refractivity contribution is 8.18. The number of ether oxygens (including phenoxy) is 1. The number of esters is 1. The second-order valence-corrected chi connectivity index (χ2v) is 9.19. The summed E-state index contributed by atoms with van der Waals surface area (Å²) in [4.78, 5) is 29.7. The molecule has 0 fully saturated rings. The fourth-order valence-corrected chi connectivity index (χ4v) is 3.98. The third-order valence-corrected chi connectivity index (χ3v) is 5.76. The average Bonchev–Trinajstić information content (AvgIpc) is 3.04. The largest absolute Gasteiger partial charge is 0.506 e. The van der Waals surface area contributed by atoms with Crippen LogP contribution in [0, 0.1) is 5.82 Å². The van der Waals surface area contributed by atoms with E-state index in [4.69, 9.17) is 4.74 Å². The van der Waals surface area contributed by atoms with Gasteiger partial charge < -0.3 is 9.84 Å². The monoisotopic (exact) mass is 453 g/mol. The van der Waals surface area contributed by atoms with E-state index in [0.717, 1.165) is 17.3 Å². The summed E-state index contributed by atoms with van der Waals surface area (Å²) in [6.07, 6.45) is 1.59. The Morgan fingerprint density at radius 3 is 2.28 bits per heavy atom. The topological polar surface area (TPSA) is 76.0 Å². The average molecular weight is 454 g/mol. The first-order valence-electron chi connectivity index (χ1n) is 10.1. The zero-order chi connectivity index (χ0) is 23.5. The van der Waals surface area contributed by atoms with Gasteiger partial charge in [-0.2, -0.15) is 0 Å². The molecule has 7 heteroatoms. The molecule has 1 N–H and O–H groups in total. The molecule has 0 atom stereocenters. The van der Waals surface area contributed by atoms with Crippen LogP contribution in [0.1, 0.15) is 49.2 Å². The van der Waals surface area contributed by atoms with Crippen LogP contribution in [0.2, 0.25) is 0 Å². The molecule has 32 heavy (non-hydrogen) atoms. The lowest BCUT2D eigenvalue weighted by atomic mass is 9.87. The van der Waals surface area contributed by atoms with Crippen LogP contribution in [-0.2, 0) is 14.9 Å². The second kappa shape index (κ2) is 9.53. The van der Waals surface area contributed by atoms with Crippen molar-refractivity contribution in [2.24, 2.45) is 4.99 Å². The first kappa shape index (κ1) is 23.5. The van der Waals surface area contributed by atoms with Gasteiger partial charge in [-0.25, -0.2) is 14.2 Å². The number of nitrogens with zero attached hydrogens (tertiary/aromatic N) is 1. The Morgan fingerprint density at radius 2 is 1.72 bits per heavy atom. The van der Waals surface area contributed by atoms with Crippen molar-refractivity contribution in [1.82, 2.24) is 0 Å². The van der Waals surface area contributed by atoms with Crippen LogP contribution in [0.5, 0.6) is 0 Å². The van der Waals surface area contributed by atoms with Gasteiger partial charge in [0.25, 0.3) is 5.91 Å². The van der Waals surface area contributed by atoms with Crippen LogP contribution in [0.3, 0.4) is 0 Å². The smallest absolute Gasteiger partial charge is 0.344 e. The van der Waals surface area contributed by atoms with Crippen LogP contribution in [0.4, 0.5) is 4.39 Å². The molecule has 0 aromatic heterocycles. The molecule has 1 heterocycles. The molecule has 0 spiro atoms. The zero-order valence-corrected chi connectivity index (χ0v) is 19.1. The summed E-state index contributed by atoms with van der Waals surface area (Å²) < 4.78 is 18.2. The van der Waals surface area contributed by atoms with Crippen molar-refractivity contribution in [3.8, 4) is 0 Å². The Balaban J connectivity index is 1.96. The summed E-state index contributed by atoms with van der Waals surface area (Å²) in [6, 6.07) is 12.8. The summed E-state index contributed by atoms with van der Waals surface area (Å²) in [5.74, 6) is -2.02. The Labute approximate surface area is 190 Å². The quantitative estimate of drug-likeness (QED) is 0.590. The molecule has 0 unspecified atom stereocenters. The summed E-state index contributed by atoms with van der Waals surface area (Å²) in [5.41, 5.74) is 1.84. The fraction of sp³-hybridized carbons (Fsp3) is 0.240. The minimum Gasteiger partial charge on any atom is -0.506 e. The van der Waals surface area contributed by atoms with E-state index in [9.17, 15) is 19.1 Å². The highest BCUT2D eigenvalue weighted by atomic mass is 32.2. The molecule has 1 amide bonds. The summed E-state index contributed by atoms with van der Waals surface area (Å²) in [5, 5.41) is 10.7. The molecule has 0 saturated carbocycles. The van der Waals surface area contributed by atoms with Gasteiger partial charge in [-0.05, 0) is 53.8 Å². The van der Waals surface area contributed by atoms with Crippen LogP contribution in [0.25, 0.3) is 6.08 Å². The SMILES string of the molecule is CCOC(=O)C1=C(O)C(=Cc2ccc(F)cc2)SC1=NC(=O)c1ccc(C(C)(C)C)cc1. The lowest BCUT2D eigenvalue weighted by molar-refractivity contribution is -0.138. The van der Waals surface area contributed by atoms with Gasteiger partial charge in [0.2, 0.25) is 0 Å². The molecule has 0 radical (unpaired) electrons. The maximum Gasteiger partial charge on any atom is 0.344 e. The van der Waals surface area contributed by atoms with E-state index < -0.39 is 11.9 Å². The van der Waals surface area contributed by atoms with E-state index in [0.29, 0.717) is 16.0 Å². The number of hydrogen-bond donors (Lipinski definition) is 1. The summed E-state index contributed by atoms with van der Waals surface area (Å²) in [6.45, 7) is 7.98. The molecule has 2 aromatic rings. The van der Waals surface area contributed by atoms with E-state index in [1.165, 1.54) is 24.3 Å². The Kier molecular flexibility index (Phi) is 6.99. The standard InChI is InChI=1S/C25H24FNO4S/c1-5-31-24(30)20-21(28)19(14-15-6-12-18(26)13-7-15)32-23(20)27-22(29)16-8-10-17(11-9-16)25(2,3)4/h6-14,28H,5H2,1-4H3. The predicted molar refractivity (Wildman–Crippen MR) is 125 cm³/mol. The molecule has 0 saturated heterocycles. The van der Waals surface area contributed by atoms with Gasteiger partial charge in [-0.3, -0.25) is 4.79 Å². The van der Waals surface area contributed by atoms with E-state index in [2.05, 4.69) is 25.8 Å². The van der Waals surface area contributed by atoms with Crippen molar-refractivity contribution < 1.29 is 23.8 Å². The molecular formula is C25H24FNO4S. The maximum absolute atomic E-state index is 13.2. The van der Waals surface area contributed by atoms with Crippen molar-refractivity contribution in [3.05, 3.63) is 87.3 Å². The van der Waals surface area contributed by atoms with Crippen LogP contribution in [0.15, 0.2) is 69.8 Å². The predicted octanol–water partition coefficient (Wildman–Crippen LogP) is 5.83. The van der Waals surface area contributed by atoms with Crippen molar-refractivity contribution in [3.63, 3.8) is 0 Å². The first-order chi connectivity index (χ1) is 15.1. The lowest BCUT2D eigenvalue weighted by Gasteiger charge is -2.18. The van der Waals surface area contributed by atoms with Gasteiger partial charge in [0.05, 0.1) is 11.5 Å². The third-order valence-electron chi connectivity index (χ3n) is 4.74. The van der Waals surface area contributed by atoms with E-state index >= 15 is 0 Å². The maximum atomic E-state index is 13.2. The lowest BCUT2D eigenvalue weighted by Crippen LogP contribution is -2.14. The van der Waals surface area contributed by atoms with Crippen molar-refractivity contribution >= 4 is 34.8 Å². The van der Waals surface area contributed by atoms with Gasteiger partial charge in [0, 0.05) is 5.56 Å². The summed E-state index contributed by atoms with van der Waals surface area (Å²) in [7, 11) is 0. The number of hydrogen-bond acceptors (Lipinski definition) is 5. The van der Waals surface area contributed by atoms with Crippen LogP contribution in [-0.4, -0.2) is 28.6 Å². The summed E-state index contributed by atoms with van der Waals surface area (Å²) >= 11 is 0.982. The molecule has 2 aromatic carbocycles. The highest BCUT2D eigenvalue weighted by Gasteiger charge is 2.34.